The molecule has 7 heteroatoms. The fourth-order valence-corrected chi connectivity index (χ4v) is 3.46. The molecular weight excluding hydrogens is 380 g/mol. The molecule has 2 N–H and O–H groups in total. The first-order chi connectivity index (χ1) is 14.5. The molecule has 1 aliphatic rings. The lowest BCUT2D eigenvalue weighted by Gasteiger charge is -2.19. The Hall–Kier alpha value is -3.32. The molecule has 4 rings (SSSR count). The van der Waals surface area contributed by atoms with Crippen molar-refractivity contribution in [3.63, 3.8) is 0 Å². The average molecular weight is 406 g/mol. The summed E-state index contributed by atoms with van der Waals surface area (Å²) in [5.74, 6) is 0.658. The lowest BCUT2D eigenvalue weighted by molar-refractivity contribution is 0.134. The highest BCUT2D eigenvalue weighted by molar-refractivity contribution is 5.95. The van der Waals surface area contributed by atoms with Crippen molar-refractivity contribution in [3.8, 4) is 11.3 Å². The summed E-state index contributed by atoms with van der Waals surface area (Å²) in [7, 11) is 0. The van der Waals surface area contributed by atoms with Gasteiger partial charge in [-0.3, -0.25) is 4.90 Å². The number of anilines is 3. The van der Waals surface area contributed by atoms with Crippen LogP contribution in [0.1, 0.15) is 25.0 Å². The standard InChI is InChI=1S/C23H26N4O3/c1-4-29-14-17-6-5-15(2)20(11-17)26-22-24-13-21(30-22)18-7-9-19(10-8-18)27-16(3)12-25-23(27)28/h5-11,13,16H,4,12,14H2,1-3H3,(H,24,26)(H,25,28). The molecule has 1 saturated heterocycles. The molecule has 7 nitrogen and oxygen atoms in total. The van der Waals surface area contributed by atoms with E-state index in [9.17, 15) is 4.79 Å². The van der Waals surface area contributed by atoms with Gasteiger partial charge in [0.2, 0.25) is 0 Å². The summed E-state index contributed by atoms with van der Waals surface area (Å²) in [6.45, 7) is 7.94. The van der Waals surface area contributed by atoms with E-state index in [2.05, 4.69) is 27.8 Å². The number of hydrogen-bond donors (Lipinski definition) is 2. The Bertz CT molecular complexity index is 1030. The number of nitrogens with zero attached hydrogens (tertiary/aromatic N) is 2. The number of amides is 2. The highest BCUT2D eigenvalue weighted by atomic mass is 16.5. The van der Waals surface area contributed by atoms with Crippen molar-refractivity contribution < 1.29 is 13.9 Å². The predicted octanol–water partition coefficient (Wildman–Crippen LogP) is 4.85. The van der Waals surface area contributed by atoms with E-state index < -0.39 is 0 Å². The molecule has 2 amide bonds. The Morgan fingerprint density at radius 3 is 2.77 bits per heavy atom. The van der Waals surface area contributed by atoms with Gasteiger partial charge in [0, 0.05) is 30.1 Å². The minimum absolute atomic E-state index is 0.0664. The van der Waals surface area contributed by atoms with Gasteiger partial charge in [0.15, 0.2) is 5.76 Å². The van der Waals surface area contributed by atoms with Crippen LogP contribution in [0, 0.1) is 6.92 Å². The molecule has 1 atom stereocenters. The first-order valence-electron chi connectivity index (χ1n) is 10.1. The van der Waals surface area contributed by atoms with Gasteiger partial charge in [0.25, 0.3) is 6.01 Å². The summed E-state index contributed by atoms with van der Waals surface area (Å²) in [6.07, 6.45) is 1.70. The molecule has 2 aromatic carbocycles. The highest BCUT2D eigenvalue weighted by Gasteiger charge is 2.28. The van der Waals surface area contributed by atoms with Crippen molar-refractivity contribution in [2.24, 2.45) is 0 Å². The third-order valence-electron chi connectivity index (χ3n) is 5.16. The molecular formula is C23H26N4O3. The van der Waals surface area contributed by atoms with E-state index in [4.69, 9.17) is 9.15 Å². The minimum Gasteiger partial charge on any atom is -0.423 e. The number of nitrogens with one attached hydrogen (secondary N) is 2. The van der Waals surface area contributed by atoms with Gasteiger partial charge in [-0.05, 0) is 62.2 Å². The van der Waals surface area contributed by atoms with Crippen LogP contribution in [0.25, 0.3) is 11.3 Å². The van der Waals surface area contributed by atoms with Gasteiger partial charge in [-0.1, -0.05) is 12.1 Å². The number of carbonyl (C=O) groups is 1. The number of aromatic nitrogens is 1. The number of urea groups is 1. The SMILES string of the molecule is CCOCc1ccc(C)c(Nc2ncc(-c3ccc(N4C(=O)NCC4C)cc3)o2)c1. The summed E-state index contributed by atoms with van der Waals surface area (Å²) in [6, 6.07) is 14.4. The zero-order chi connectivity index (χ0) is 21.1. The largest absolute Gasteiger partial charge is 0.423 e. The van der Waals surface area contributed by atoms with Crippen LogP contribution in [0.4, 0.5) is 22.2 Å². The third kappa shape index (κ3) is 4.16. The Kier molecular flexibility index (Phi) is 5.72. The third-order valence-corrected chi connectivity index (χ3v) is 5.16. The van der Waals surface area contributed by atoms with Gasteiger partial charge >= 0.3 is 6.03 Å². The number of benzene rings is 2. The van der Waals surface area contributed by atoms with Crippen LogP contribution in [-0.4, -0.2) is 30.2 Å². The van der Waals surface area contributed by atoms with Crippen molar-refractivity contribution in [2.75, 3.05) is 23.4 Å². The Morgan fingerprint density at radius 1 is 1.27 bits per heavy atom. The van der Waals surface area contributed by atoms with Crippen molar-refractivity contribution in [1.29, 1.82) is 0 Å². The highest BCUT2D eigenvalue weighted by Crippen LogP contribution is 2.29. The van der Waals surface area contributed by atoms with Gasteiger partial charge in [0.05, 0.1) is 18.8 Å². The van der Waals surface area contributed by atoms with Crippen LogP contribution >= 0.6 is 0 Å². The van der Waals surface area contributed by atoms with Crippen LogP contribution in [0.5, 0.6) is 0 Å². The smallest absolute Gasteiger partial charge is 0.322 e. The zero-order valence-electron chi connectivity index (χ0n) is 17.4. The first kappa shape index (κ1) is 20.0. The van der Waals surface area contributed by atoms with Crippen molar-refractivity contribution in [2.45, 2.75) is 33.4 Å². The molecule has 156 valence electrons. The topological polar surface area (TPSA) is 79.6 Å². The summed E-state index contributed by atoms with van der Waals surface area (Å²) < 4.78 is 11.4. The van der Waals surface area contributed by atoms with E-state index in [1.807, 2.05) is 51.1 Å². The van der Waals surface area contributed by atoms with Crippen LogP contribution in [0.2, 0.25) is 0 Å². The molecule has 0 radical (unpaired) electrons. The van der Waals surface area contributed by atoms with E-state index >= 15 is 0 Å². The van der Waals surface area contributed by atoms with Crippen LogP contribution in [0.3, 0.4) is 0 Å². The second-order valence-corrected chi connectivity index (χ2v) is 7.39. The van der Waals surface area contributed by atoms with Crippen LogP contribution in [-0.2, 0) is 11.3 Å². The second-order valence-electron chi connectivity index (χ2n) is 7.39. The predicted molar refractivity (Wildman–Crippen MR) is 117 cm³/mol. The number of aryl methyl sites for hydroxylation is 1. The molecule has 1 fully saturated rings. The zero-order valence-corrected chi connectivity index (χ0v) is 17.4. The molecule has 0 spiro atoms. The Morgan fingerprint density at radius 2 is 2.07 bits per heavy atom. The number of rotatable bonds is 7. The first-order valence-corrected chi connectivity index (χ1v) is 10.1. The van der Waals surface area contributed by atoms with Crippen molar-refractivity contribution >= 4 is 23.4 Å². The lowest BCUT2D eigenvalue weighted by atomic mass is 10.1. The normalized spacial score (nSPS) is 16.0. The van der Waals surface area contributed by atoms with E-state index in [1.165, 1.54) is 0 Å². The van der Waals surface area contributed by atoms with Gasteiger partial charge in [-0.15, -0.1) is 0 Å². The van der Waals surface area contributed by atoms with E-state index in [1.54, 1.807) is 11.1 Å². The molecule has 30 heavy (non-hydrogen) atoms. The fourth-order valence-electron chi connectivity index (χ4n) is 3.46. The Labute approximate surface area is 176 Å². The maximum atomic E-state index is 12.0. The summed E-state index contributed by atoms with van der Waals surface area (Å²) >= 11 is 0. The van der Waals surface area contributed by atoms with E-state index in [0.29, 0.717) is 31.5 Å². The summed E-state index contributed by atoms with van der Waals surface area (Å²) in [5.41, 5.74) is 4.88. The lowest BCUT2D eigenvalue weighted by Crippen LogP contribution is -2.32. The fraction of sp³-hybridized carbons (Fsp3) is 0.304. The molecule has 0 aliphatic carbocycles. The van der Waals surface area contributed by atoms with Gasteiger partial charge in [-0.2, -0.15) is 0 Å². The van der Waals surface area contributed by atoms with Gasteiger partial charge in [-0.25, -0.2) is 9.78 Å². The molecule has 1 aromatic heterocycles. The number of oxazole rings is 1. The maximum Gasteiger partial charge on any atom is 0.322 e. The maximum absolute atomic E-state index is 12.0. The summed E-state index contributed by atoms with van der Waals surface area (Å²) in [5, 5.41) is 6.11. The molecule has 0 saturated carbocycles. The second kappa shape index (κ2) is 8.59. The molecule has 0 bridgehead atoms. The average Bonchev–Trinajstić information content (AvgIpc) is 3.35. The van der Waals surface area contributed by atoms with E-state index in [0.717, 1.165) is 28.1 Å². The molecule has 1 aliphatic heterocycles. The Balaban J connectivity index is 1.49. The number of hydrogen-bond acceptors (Lipinski definition) is 5. The van der Waals surface area contributed by atoms with E-state index in [-0.39, 0.29) is 12.1 Å². The molecule has 1 unspecified atom stereocenters. The minimum atomic E-state index is -0.0664. The molecule has 3 aromatic rings. The monoisotopic (exact) mass is 406 g/mol. The van der Waals surface area contributed by atoms with Gasteiger partial charge in [0.1, 0.15) is 0 Å². The van der Waals surface area contributed by atoms with Crippen molar-refractivity contribution in [1.82, 2.24) is 10.3 Å². The number of carbonyl (C=O) groups excluding carboxylic acids is 1. The van der Waals surface area contributed by atoms with Crippen LogP contribution in [0.15, 0.2) is 53.1 Å². The van der Waals surface area contributed by atoms with Crippen LogP contribution < -0.4 is 15.5 Å². The quantitative estimate of drug-likeness (QED) is 0.586. The van der Waals surface area contributed by atoms with Crippen molar-refractivity contribution in [3.05, 3.63) is 59.8 Å². The number of ether oxygens (including phenoxy) is 1. The molecule has 2 heterocycles. The summed E-state index contributed by atoms with van der Waals surface area (Å²) in [4.78, 5) is 18.1. The van der Waals surface area contributed by atoms with Gasteiger partial charge < -0.3 is 19.8 Å².